The Morgan fingerprint density at radius 2 is 1.56 bits per heavy atom. The number of rotatable bonds is 18. The number of nitrogens with zero attached hydrogens (tertiary/aromatic N) is 1. The summed E-state index contributed by atoms with van der Waals surface area (Å²) in [5.41, 5.74) is 0.669. The van der Waals surface area contributed by atoms with Crippen molar-refractivity contribution in [2.75, 3.05) is 26.7 Å². The number of carbonyl (C=O) groups excluding carboxylic acids is 1. The number of esters is 1. The summed E-state index contributed by atoms with van der Waals surface area (Å²) in [6.45, 7) is 28.0. The molecule has 0 bridgehead atoms. The number of thiazole rings is 1. The van der Waals surface area contributed by atoms with E-state index in [-0.39, 0.29) is 28.6 Å². The molecule has 2 atom stereocenters. The first-order chi connectivity index (χ1) is 22.0. The zero-order valence-electron chi connectivity index (χ0n) is 32.0. The van der Waals surface area contributed by atoms with E-state index < -0.39 is 27.7 Å². The van der Waals surface area contributed by atoms with Gasteiger partial charge in [-0.05, 0) is 60.4 Å². The van der Waals surface area contributed by atoms with Gasteiger partial charge in [-0.2, -0.15) is 0 Å². The molecule has 0 aliphatic rings. The maximum absolute atomic E-state index is 12.0. The van der Waals surface area contributed by atoms with Crippen LogP contribution in [-0.4, -0.2) is 66.0 Å². The first-order valence-corrected chi connectivity index (χ1v) is 24.1. The number of hydrogen-bond acceptors (Lipinski definition) is 8. The molecule has 1 aromatic carbocycles. The zero-order valence-corrected chi connectivity index (χ0v) is 35.6. The SMILES string of the molecule is COC(=O)Cc1csc(C(C)(C)C(C/C=C/C(CCl)(CCOCc2ccc(OC)cc2)O[Si](C)(C)C(C)(C)C)O[Si](C)(C)C(C)(C)C)n1. The standard InChI is InChI=1S/C37H62ClNO6SSi2/c1-34(2,3)47(11,12)44-31(36(7,8)33-39-29(26-46-33)24-32(40)42-10)16-15-21-37(27-38,45-48(13,14)35(4,5)6)22-23-43-25-28-17-19-30(41-9)20-18-28/h15,17-21,26,31H,16,22-25,27H2,1-14H3/b21-15+. The van der Waals surface area contributed by atoms with Crippen molar-refractivity contribution in [3.05, 3.63) is 58.1 Å². The molecule has 272 valence electrons. The van der Waals surface area contributed by atoms with Crippen LogP contribution in [0.15, 0.2) is 41.8 Å². The average Bonchev–Trinajstić information content (AvgIpc) is 3.46. The van der Waals surface area contributed by atoms with Crippen LogP contribution >= 0.6 is 22.9 Å². The van der Waals surface area contributed by atoms with E-state index in [4.69, 9.17) is 39.6 Å². The summed E-state index contributed by atoms with van der Waals surface area (Å²) in [4.78, 5) is 16.8. The fourth-order valence-electron chi connectivity index (χ4n) is 4.60. The van der Waals surface area contributed by atoms with Crippen molar-refractivity contribution in [2.24, 2.45) is 0 Å². The number of carbonyl (C=O) groups is 1. The lowest BCUT2D eigenvalue weighted by Gasteiger charge is -2.45. The van der Waals surface area contributed by atoms with Crippen LogP contribution in [0, 0.1) is 0 Å². The van der Waals surface area contributed by atoms with Gasteiger partial charge in [0.2, 0.25) is 0 Å². The molecule has 0 saturated carbocycles. The Morgan fingerprint density at radius 3 is 2.08 bits per heavy atom. The molecule has 0 N–H and O–H groups in total. The molecule has 0 aliphatic heterocycles. The van der Waals surface area contributed by atoms with Crippen molar-refractivity contribution >= 4 is 45.5 Å². The van der Waals surface area contributed by atoms with Crippen molar-refractivity contribution in [1.29, 1.82) is 0 Å². The monoisotopic (exact) mass is 739 g/mol. The van der Waals surface area contributed by atoms with Gasteiger partial charge in [0, 0.05) is 17.2 Å². The Balaban J connectivity index is 2.42. The lowest BCUT2D eigenvalue weighted by atomic mass is 9.85. The van der Waals surface area contributed by atoms with Crippen LogP contribution in [0.3, 0.4) is 0 Å². The zero-order chi connectivity index (χ0) is 36.6. The van der Waals surface area contributed by atoms with E-state index in [1.165, 1.54) is 7.11 Å². The van der Waals surface area contributed by atoms with Crippen LogP contribution in [0.1, 0.15) is 84.5 Å². The molecule has 0 amide bonds. The lowest BCUT2D eigenvalue weighted by molar-refractivity contribution is -0.139. The lowest BCUT2D eigenvalue weighted by Crippen LogP contribution is -2.50. The van der Waals surface area contributed by atoms with Gasteiger partial charge in [-0.3, -0.25) is 4.79 Å². The Bertz CT molecular complexity index is 1330. The van der Waals surface area contributed by atoms with Gasteiger partial charge in [-0.15, -0.1) is 22.9 Å². The quantitative estimate of drug-likeness (QED) is 0.0495. The van der Waals surface area contributed by atoms with Gasteiger partial charge in [0.25, 0.3) is 0 Å². The normalized spacial score (nSPS) is 15.4. The van der Waals surface area contributed by atoms with Crippen molar-refractivity contribution in [3.63, 3.8) is 0 Å². The predicted octanol–water partition coefficient (Wildman–Crippen LogP) is 10.1. The number of methoxy groups -OCH3 is 2. The molecular formula is C37H62ClNO6SSi2. The summed E-state index contributed by atoms with van der Waals surface area (Å²) >= 11 is 8.41. The summed E-state index contributed by atoms with van der Waals surface area (Å²) in [6, 6.07) is 7.93. The van der Waals surface area contributed by atoms with E-state index in [0.717, 1.165) is 22.0 Å². The first-order valence-electron chi connectivity index (χ1n) is 16.9. The van der Waals surface area contributed by atoms with E-state index in [0.29, 0.717) is 31.9 Å². The maximum atomic E-state index is 12.0. The first kappa shape index (κ1) is 42.6. The number of halogens is 1. The number of benzene rings is 1. The molecule has 0 fully saturated rings. The highest BCUT2D eigenvalue weighted by Crippen LogP contribution is 2.43. The summed E-state index contributed by atoms with van der Waals surface area (Å²) in [6.07, 6.45) is 5.62. The summed E-state index contributed by atoms with van der Waals surface area (Å²) in [5.74, 6) is 0.833. The minimum atomic E-state index is -2.22. The Labute approximate surface area is 302 Å². The molecule has 0 aliphatic carbocycles. The van der Waals surface area contributed by atoms with Crippen LogP contribution in [0.5, 0.6) is 5.75 Å². The minimum absolute atomic E-state index is 0.00478. The van der Waals surface area contributed by atoms with Crippen LogP contribution in [-0.2, 0) is 41.6 Å². The third-order valence-electron chi connectivity index (χ3n) is 10.1. The van der Waals surface area contributed by atoms with E-state index in [1.807, 2.05) is 29.6 Å². The highest BCUT2D eigenvalue weighted by atomic mass is 35.5. The van der Waals surface area contributed by atoms with Gasteiger partial charge >= 0.3 is 5.97 Å². The van der Waals surface area contributed by atoms with E-state index >= 15 is 0 Å². The van der Waals surface area contributed by atoms with Gasteiger partial charge in [0.05, 0.1) is 57.1 Å². The molecule has 2 aromatic rings. The number of alkyl halides is 1. The predicted molar refractivity (Wildman–Crippen MR) is 206 cm³/mol. The van der Waals surface area contributed by atoms with Gasteiger partial charge in [0.1, 0.15) is 10.8 Å². The number of ether oxygens (including phenoxy) is 3. The molecule has 2 rings (SSSR count). The molecule has 48 heavy (non-hydrogen) atoms. The fraction of sp³-hybridized carbons (Fsp3) is 0.676. The van der Waals surface area contributed by atoms with Crippen LogP contribution in [0.4, 0.5) is 0 Å². The van der Waals surface area contributed by atoms with Crippen molar-refractivity contribution in [1.82, 2.24) is 4.98 Å². The summed E-state index contributed by atoms with van der Waals surface area (Å²) in [7, 11) is -1.33. The molecule has 1 heterocycles. The molecule has 7 nitrogen and oxygen atoms in total. The second kappa shape index (κ2) is 17.1. The third kappa shape index (κ3) is 11.8. The smallest absolute Gasteiger partial charge is 0.311 e. The van der Waals surface area contributed by atoms with Gasteiger partial charge in [-0.25, -0.2) is 4.98 Å². The van der Waals surface area contributed by atoms with E-state index in [1.54, 1.807) is 18.4 Å². The van der Waals surface area contributed by atoms with Crippen molar-refractivity contribution in [2.45, 2.75) is 135 Å². The Hall–Kier alpha value is -1.54. The second-order valence-electron chi connectivity index (χ2n) is 16.3. The number of aromatic nitrogens is 1. The largest absolute Gasteiger partial charge is 0.497 e. The number of hydrogen-bond donors (Lipinski definition) is 0. The van der Waals surface area contributed by atoms with E-state index in [9.17, 15) is 4.79 Å². The topological polar surface area (TPSA) is 76.1 Å². The maximum Gasteiger partial charge on any atom is 0.311 e. The highest BCUT2D eigenvalue weighted by Gasteiger charge is 2.45. The molecule has 2 unspecified atom stereocenters. The Morgan fingerprint density at radius 1 is 0.958 bits per heavy atom. The molecule has 11 heteroatoms. The van der Waals surface area contributed by atoms with Gasteiger partial charge in [0.15, 0.2) is 16.6 Å². The van der Waals surface area contributed by atoms with E-state index in [2.05, 4.69) is 93.7 Å². The van der Waals surface area contributed by atoms with Crippen molar-refractivity contribution in [3.8, 4) is 5.75 Å². The van der Waals surface area contributed by atoms with Gasteiger partial charge in [-0.1, -0.05) is 79.7 Å². The average molecular weight is 741 g/mol. The second-order valence-corrected chi connectivity index (χ2v) is 26.9. The third-order valence-corrected chi connectivity index (χ3v) is 20.8. The van der Waals surface area contributed by atoms with Crippen molar-refractivity contribution < 1.29 is 27.9 Å². The van der Waals surface area contributed by atoms with Crippen LogP contribution < -0.4 is 4.74 Å². The van der Waals surface area contributed by atoms with Gasteiger partial charge < -0.3 is 23.1 Å². The summed E-state index contributed by atoms with van der Waals surface area (Å²) in [5, 5.41) is 2.91. The molecule has 0 radical (unpaired) electrons. The van der Waals surface area contributed by atoms with Crippen LogP contribution in [0.2, 0.25) is 36.3 Å². The van der Waals surface area contributed by atoms with Crippen LogP contribution in [0.25, 0.3) is 0 Å². The minimum Gasteiger partial charge on any atom is -0.497 e. The fourth-order valence-corrected chi connectivity index (χ4v) is 8.97. The molecule has 1 aromatic heterocycles. The Kier molecular flexibility index (Phi) is 15.2. The molecular weight excluding hydrogens is 678 g/mol. The summed E-state index contributed by atoms with van der Waals surface area (Å²) < 4.78 is 30.6. The molecule has 0 saturated heterocycles. The highest BCUT2D eigenvalue weighted by molar-refractivity contribution is 7.09. The molecule has 0 spiro atoms.